The SMILES string of the molecule is CCCn1c(=O)c2ccccc2n2c(SCC(=O)NCCCC(=O)OCC)nnc12. The van der Waals surface area contributed by atoms with Gasteiger partial charge in [0.25, 0.3) is 5.56 Å². The molecule has 0 saturated heterocycles. The normalized spacial score (nSPS) is 11.1. The maximum atomic E-state index is 12.8. The van der Waals surface area contributed by atoms with Gasteiger partial charge in [-0.05, 0) is 31.9 Å². The van der Waals surface area contributed by atoms with Crippen molar-refractivity contribution < 1.29 is 14.3 Å². The molecule has 1 N–H and O–H groups in total. The van der Waals surface area contributed by atoms with Gasteiger partial charge < -0.3 is 10.1 Å². The number of esters is 1. The monoisotopic (exact) mass is 431 g/mol. The van der Waals surface area contributed by atoms with E-state index >= 15 is 0 Å². The van der Waals surface area contributed by atoms with Crippen LogP contribution in [0.4, 0.5) is 0 Å². The summed E-state index contributed by atoms with van der Waals surface area (Å²) in [5.74, 6) is 0.201. The highest BCUT2D eigenvalue weighted by molar-refractivity contribution is 7.99. The molecule has 0 spiro atoms. The molecule has 0 aliphatic heterocycles. The number of carbonyl (C=O) groups is 2. The molecule has 0 saturated carbocycles. The zero-order valence-corrected chi connectivity index (χ0v) is 17.9. The van der Waals surface area contributed by atoms with Crippen LogP contribution in [0.15, 0.2) is 34.2 Å². The Balaban J connectivity index is 1.72. The first kappa shape index (κ1) is 21.8. The molecule has 3 rings (SSSR count). The van der Waals surface area contributed by atoms with E-state index in [2.05, 4.69) is 15.5 Å². The third-order valence-corrected chi connectivity index (χ3v) is 5.37. The highest BCUT2D eigenvalue weighted by Gasteiger charge is 2.17. The molecule has 0 aliphatic rings. The summed E-state index contributed by atoms with van der Waals surface area (Å²) in [7, 11) is 0. The molecule has 1 amide bonds. The maximum absolute atomic E-state index is 12.8. The van der Waals surface area contributed by atoms with Crippen LogP contribution < -0.4 is 10.9 Å². The first-order valence-corrected chi connectivity index (χ1v) is 11.0. The fourth-order valence-corrected chi connectivity index (χ4v) is 3.90. The highest BCUT2D eigenvalue weighted by atomic mass is 32.2. The van der Waals surface area contributed by atoms with Gasteiger partial charge in [-0.15, -0.1) is 10.2 Å². The third-order valence-electron chi connectivity index (χ3n) is 4.44. The van der Waals surface area contributed by atoms with E-state index in [0.717, 1.165) is 6.42 Å². The van der Waals surface area contributed by atoms with Crippen LogP contribution in [0, 0.1) is 0 Å². The Morgan fingerprint density at radius 3 is 2.77 bits per heavy atom. The second-order valence-corrected chi connectivity index (χ2v) is 7.58. The van der Waals surface area contributed by atoms with Crippen molar-refractivity contribution in [3.8, 4) is 0 Å². The number of carbonyl (C=O) groups excluding carboxylic acids is 2. The molecule has 0 bridgehead atoms. The zero-order valence-electron chi connectivity index (χ0n) is 17.1. The van der Waals surface area contributed by atoms with Crippen LogP contribution >= 0.6 is 11.8 Å². The van der Waals surface area contributed by atoms with Gasteiger partial charge >= 0.3 is 5.97 Å². The number of thioether (sulfide) groups is 1. The average molecular weight is 432 g/mol. The van der Waals surface area contributed by atoms with Crippen molar-refractivity contribution in [2.75, 3.05) is 18.9 Å². The van der Waals surface area contributed by atoms with Crippen molar-refractivity contribution in [3.63, 3.8) is 0 Å². The first-order chi connectivity index (χ1) is 14.6. The van der Waals surface area contributed by atoms with Crippen molar-refractivity contribution in [2.45, 2.75) is 44.8 Å². The van der Waals surface area contributed by atoms with Crippen molar-refractivity contribution >= 4 is 40.3 Å². The highest BCUT2D eigenvalue weighted by Crippen LogP contribution is 2.21. The lowest BCUT2D eigenvalue weighted by Gasteiger charge is -2.10. The van der Waals surface area contributed by atoms with E-state index in [1.807, 2.05) is 29.5 Å². The van der Waals surface area contributed by atoms with Crippen LogP contribution in [0.1, 0.15) is 33.1 Å². The van der Waals surface area contributed by atoms with Crippen LogP contribution in [-0.2, 0) is 20.9 Å². The maximum Gasteiger partial charge on any atom is 0.305 e. The number of fused-ring (bicyclic) bond motifs is 3. The number of nitrogens with zero attached hydrogens (tertiary/aromatic N) is 4. The lowest BCUT2D eigenvalue weighted by molar-refractivity contribution is -0.143. The lowest BCUT2D eigenvalue weighted by Crippen LogP contribution is -2.27. The predicted molar refractivity (Wildman–Crippen MR) is 115 cm³/mol. The smallest absolute Gasteiger partial charge is 0.305 e. The molecule has 0 aliphatic carbocycles. The molecule has 160 valence electrons. The first-order valence-electron chi connectivity index (χ1n) is 9.98. The summed E-state index contributed by atoms with van der Waals surface area (Å²) in [6, 6.07) is 7.32. The Kier molecular flexibility index (Phi) is 7.45. The molecule has 30 heavy (non-hydrogen) atoms. The van der Waals surface area contributed by atoms with E-state index in [4.69, 9.17) is 4.74 Å². The number of hydrogen-bond donors (Lipinski definition) is 1. The number of ether oxygens (including phenoxy) is 1. The van der Waals surface area contributed by atoms with Crippen molar-refractivity contribution in [3.05, 3.63) is 34.6 Å². The van der Waals surface area contributed by atoms with E-state index in [9.17, 15) is 14.4 Å². The third kappa shape index (κ3) is 4.81. The number of hydrogen-bond acceptors (Lipinski definition) is 7. The number of aryl methyl sites for hydroxylation is 1. The Bertz CT molecular complexity index is 1110. The van der Waals surface area contributed by atoms with Crippen molar-refractivity contribution in [1.82, 2.24) is 24.5 Å². The van der Waals surface area contributed by atoms with Crippen LogP contribution in [0.2, 0.25) is 0 Å². The average Bonchev–Trinajstić information content (AvgIpc) is 3.17. The molecule has 0 atom stereocenters. The number of benzene rings is 1. The molecule has 2 heterocycles. The molecular weight excluding hydrogens is 406 g/mol. The van der Waals surface area contributed by atoms with Gasteiger partial charge in [0.05, 0.1) is 23.3 Å². The van der Waals surface area contributed by atoms with Gasteiger partial charge in [-0.25, -0.2) is 0 Å². The summed E-state index contributed by atoms with van der Waals surface area (Å²) in [6.45, 7) is 5.05. The van der Waals surface area contributed by atoms with Crippen LogP contribution in [-0.4, -0.2) is 49.9 Å². The Hall–Kier alpha value is -2.88. The minimum atomic E-state index is -0.263. The standard InChI is InChI=1S/C20H25N5O4S/c1-3-12-24-18(28)14-8-5-6-9-15(14)25-19(24)22-23-20(25)30-13-16(26)21-11-7-10-17(27)29-4-2/h5-6,8-9H,3-4,7,10-13H2,1-2H3,(H,21,26). The number of para-hydroxylation sites is 1. The van der Waals surface area contributed by atoms with E-state index in [1.54, 1.807) is 17.6 Å². The molecule has 9 nitrogen and oxygen atoms in total. The van der Waals surface area contributed by atoms with Crippen LogP contribution in [0.3, 0.4) is 0 Å². The molecule has 0 fully saturated rings. The number of rotatable bonds is 10. The van der Waals surface area contributed by atoms with E-state index in [1.165, 1.54) is 11.8 Å². The summed E-state index contributed by atoms with van der Waals surface area (Å²) in [5, 5.41) is 12.4. The van der Waals surface area contributed by atoms with E-state index in [-0.39, 0.29) is 29.6 Å². The van der Waals surface area contributed by atoms with Crippen LogP contribution in [0.5, 0.6) is 0 Å². The Labute approximate surface area is 177 Å². The number of aromatic nitrogens is 4. The van der Waals surface area contributed by atoms with Gasteiger partial charge in [0.15, 0.2) is 5.16 Å². The molecule has 0 unspecified atom stereocenters. The van der Waals surface area contributed by atoms with E-state index < -0.39 is 0 Å². The van der Waals surface area contributed by atoms with Crippen molar-refractivity contribution in [1.29, 1.82) is 0 Å². The second-order valence-electron chi connectivity index (χ2n) is 6.64. The second kappa shape index (κ2) is 10.2. The fraction of sp³-hybridized carbons (Fsp3) is 0.450. The lowest BCUT2D eigenvalue weighted by atomic mass is 10.2. The minimum absolute atomic E-state index is 0.0942. The number of nitrogens with one attached hydrogen (secondary N) is 1. The van der Waals surface area contributed by atoms with Crippen molar-refractivity contribution in [2.24, 2.45) is 0 Å². The fourth-order valence-electron chi connectivity index (χ4n) is 3.13. The summed E-state index contributed by atoms with van der Waals surface area (Å²) in [4.78, 5) is 36.3. The van der Waals surface area contributed by atoms with Gasteiger partial charge in [-0.1, -0.05) is 30.8 Å². The van der Waals surface area contributed by atoms with Crippen LogP contribution in [0.25, 0.3) is 16.7 Å². The van der Waals surface area contributed by atoms with Gasteiger partial charge in [-0.2, -0.15) is 0 Å². The molecule has 3 aromatic rings. The summed E-state index contributed by atoms with van der Waals surface area (Å²) >= 11 is 1.25. The largest absolute Gasteiger partial charge is 0.466 e. The molecule has 10 heteroatoms. The van der Waals surface area contributed by atoms with E-state index in [0.29, 0.717) is 48.0 Å². The van der Waals surface area contributed by atoms with Gasteiger partial charge in [-0.3, -0.25) is 23.4 Å². The Morgan fingerprint density at radius 1 is 1.20 bits per heavy atom. The number of amides is 1. The molecule has 0 radical (unpaired) electrons. The molecule has 2 aromatic heterocycles. The zero-order chi connectivity index (χ0) is 21.5. The minimum Gasteiger partial charge on any atom is -0.466 e. The topological polar surface area (TPSA) is 108 Å². The van der Waals surface area contributed by atoms with Gasteiger partial charge in [0.1, 0.15) is 0 Å². The molecular formula is C20H25N5O4S. The quantitative estimate of drug-likeness (QED) is 0.297. The summed E-state index contributed by atoms with van der Waals surface area (Å²) in [6.07, 6.45) is 1.59. The predicted octanol–water partition coefficient (Wildman–Crippen LogP) is 2.01. The summed E-state index contributed by atoms with van der Waals surface area (Å²) in [5.41, 5.74) is 0.621. The van der Waals surface area contributed by atoms with Gasteiger partial charge in [0.2, 0.25) is 11.7 Å². The summed E-state index contributed by atoms with van der Waals surface area (Å²) < 4.78 is 8.30. The Morgan fingerprint density at radius 2 is 2.00 bits per heavy atom. The van der Waals surface area contributed by atoms with Gasteiger partial charge in [0, 0.05) is 19.5 Å². The molecule has 1 aromatic carbocycles.